The largest absolute Gasteiger partial charge is 0.397 e. The van der Waals surface area contributed by atoms with Crippen molar-refractivity contribution in [2.24, 2.45) is 0 Å². The Morgan fingerprint density at radius 2 is 1.78 bits per heavy atom. The average Bonchev–Trinajstić information content (AvgIpc) is 2.45. The molecule has 7 atom stereocenters. The molecule has 0 aliphatic carbocycles. The fraction of sp³-hybridized carbons (Fsp3) is 1.00. The Labute approximate surface area is 136 Å². The molecule has 0 aromatic heterocycles. The molecule has 23 heavy (non-hydrogen) atoms. The van der Waals surface area contributed by atoms with Gasteiger partial charge in [0, 0.05) is 13.0 Å². The van der Waals surface area contributed by atoms with Gasteiger partial charge < -0.3 is 30.6 Å². The lowest BCUT2D eigenvalue weighted by molar-refractivity contribution is -0.0584. The molecule has 1 rings (SSSR count). The molecule has 1 unspecified atom stereocenters. The Morgan fingerprint density at radius 3 is 2.26 bits per heavy atom. The number of hydrogen-bond donors (Lipinski definition) is 7. The van der Waals surface area contributed by atoms with Crippen molar-refractivity contribution in [2.75, 3.05) is 24.7 Å². The lowest BCUT2D eigenvalue weighted by Gasteiger charge is -2.35. The fourth-order valence-electron chi connectivity index (χ4n) is 2.44. The summed E-state index contributed by atoms with van der Waals surface area (Å²) in [6.07, 6.45) is -6.91. The van der Waals surface area contributed by atoms with Gasteiger partial charge >= 0.3 is 10.4 Å². The third-order valence-corrected chi connectivity index (χ3v) is 6.99. The quantitative estimate of drug-likeness (QED) is 0.162. The van der Waals surface area contributed by atoms with Crippen LogP contribution in [0.1, 0.15) is 6.42 Å². The molecule has 0 aromatic carbocycles. The maximum atomic E-state index is 10.7. The number of hydrogen-bond acceptors (Lipinski definition) is 9. The lowest BCUT2D eigenvalue weighted by Crippen LogP contribution is -2.58. The van der Waals surface area contributed by atoms with Crippen LogP contribution in [0.3, 0.4) is 0 Å². The van der Waals surface area contributed by atoms with Gasteiger partial charge in [0.25, 0.3) is 0 Å². The zero-order valence-corrected chi connectivity index (χ0v) is 13.8. The highest BCUT2D eigenvalue weighted by molar-refractivity contribution is 7.97. The van der Waals surface area contributed by atoms with Crippen molar-refractivity contribution in [3.05, 3.63) is 0 Å². The van der Waals surface area contributed by atoms with Crippen LogP contribution in [0.4, 0.5) is 0 Å². The highest BCUT2D eigenvalue weighted by Crippen LogP contribution is 2.27. The maximum Gasteiger partial charge on any atom is 0.397 e. The van der Waals surface area contributed by atoms with Crippen LogP contribution in [0.25, 0.3) is 0 Å². The summed E-state index contributed by atoms with van der Waals surface area (Å²) in [5.74, 6) is -0.115. The van der Waals surface area contributed by atoms with Gasteiger partial charge in [-0.05, 0) is 10.9 Å². The fourth-order valence-corrected chi connectivity index (χ4v) is 5.86. The first-order valence-corrected chi connectivity index (χ1v) is 9.85. The molecule has 1 saturated heterocycles. The van der Waals surface area contributed by atoms with Crippen LogP contribution in [0.5, 0.6) is 0 Å². The van der Waals surface area contributed by atoms with E-state index in [1.807, 2.05) is 0 Å². The van der Waals surface area contributed by atoms with Gasteiger partial charge in [0.1, 0.15) is 47.3 Å². The van der Waals surface area contributed by atoms with Crippen molar-refractivity contribution in [1.29, 1.82) is 0 Å². The van der Waals surface area contributed by atoms with Crippen molar-refractivity contribution in [2.45, 2.75) is 42.2 Å². The normalized spacial score (nSPS) is 35.0. The van der Waals surface area contributed by atoms with Gasteiger partial charge in [0.15, 0.2) is 0 Å². The molecular weight excluding hydrogens is 356 g/mol. The smallest absolute Gasteiger partial charge is 0.396 e. The molecule has 138 valence electrons. The molecule has 1 aliphatic heterocycles. The molecule has 10 nitrogen and oxygen atoms in total. The summed E-state index contributed by atoms with van der Waals surface area (Å²) in [6, 6.07) is 0. The molecular formula is C11H23O10S2+. The van der Waals surface area contributed by atoms with Gasteiger partial charge in [-0.3, -0.25) is 4.55 Å². The molecule has 0 aromatic rings. The minimum absolute atomic E-state index is 0.0317. The van der Waals surface area contributed by atoms with Crippen molar-refractivity contribution >= 4 is 21.3 Å². The van der Waals surface area contributed by atoms with Crippen molar-refractivity contribution < 1.29 is 47.8 Å². The molecule has 0 amide bonds. The molecule has 0 spiro atoms. The Balaban J connectivity index is 2.81. The third kappa shape index (κ3) is 6.08. The Hall–Kier alpha value is -0.0200. The predicted octanol–water partition coefficient (Wildman–Crippen LogP) is -4.01. The maximum absolute atomic E-state index is 10.7. The molecule has 0 radical (unpaired) electrons. The Kier molecular flexibility index (Phi) is 8.13. The first-order chi connectivity index (χ1) is 10.6. The summed E-state index contributed by atoms with van der Waals surface area (Å²) >= 11 is 0. The molecule has 1 fully saturated rings. The second-order valence-electron chi connectivity index (χ2n) is 5.28. The van der Waals surface area contributed by atoms with Gasteiger partial charge in [-0.15, -0.1) is 0 Å². The SMILES string of the molecule is O=S(=O)(O)O[C@H](CO)[C@@H](O)C[S+]1C[C@@H](O)[C@H](O)[C@@H](O)[C@@H]1CCO. The number of aliphatic hydroxyl groups is 6. The van der Waals surface area contributed by atoms with E-state index in [0.29, 0.717) is 0 Å². The minimum atomic E-state index is -4.87. The van der Waals surface area contributed by atoms with Gasteiger partial charge in [0.05, 0.1) is 6.61 Å². The third-order valence-electron chi connectivity index (χ3n) is 3.59. The predicted molar refractivity (Wildman–Crippen MR) is 80.1 cm³/mol. The summed E-state index contributed by atoms with van der Waals surface area (Å²) in [7, 11) is -5.75. The van der Waals surface area contributed by atoms with E-state index in [9.17, 15) is 28.8 Å². The van der Waals surface area contributed by atoms with E-state index in [1.54, 1.807) is 0 Å². The van der Waals surface area contributed by atoms with E-state index in [0.717, 1.165) is 0 Å². The van der Waals surface area contributed by atoms with E-state index in [1.165, 1.54) is 0 Å². The van der Waals surface area contributed by atoms with Gasteiger partial charge in [-0.2, -0.15) is 8.42 Å². The molecule has 1 heterocycles. The van der Waals surface area contributed by atoms with Crippen molar-refractivity contribution in [1.82, 2.24) is 0 Å². The first kappa shape index (κ1) is 21.0. The van der Waals surface area contributed by atoms with Gasteiger partial charge in [-0.25, -0.2) is 4.18 Å². The van der Waals surface area contributed by atoms with E-state index in [4.69, 9.17) is 14.8 Å². The topological polar surface area (TPSA) is 185 Å². The molecule has 0 bridgehead atoms. The van der Waals surface area contributed by atoms with E-state index in [2.05, 4.69) is 4.18 Å². The molecule has 1 aliphatic rings. The monoisotopic (exact) mass is 379 g/mol. The van der Waals surface area contributed by atoms with Gasteiger partial charge in [-0.1, -0.05) is 0 Å². The van der Waals surface area contributed by atoms with E-state index >= 15 is 0 Å². The summed E-state index contributed by atoms with van der Waals surface area (Å²) in [6.45, 7) is -1.16. The molecule has 12 heteroatoms. The zero-order chi connectivity index (χ0) is 17.8. The van der Waals surface area contributed by atoms with Crippen LogP contribution in [-0.4, -0.2) is 104 Å². The number of rotatable bonds is 8. The summed E-state index contributed by atoms with van der Waals surface area (Å²) in [4.78, 5) is 0. The van der Waals surface area contributed by atoms with Crippen LogP contribution in [0.15, 0.2) is 0 Å². The van der Waals surface area contributed by atoms with Crippen LogP contribution in [0, 0.1) is 0 Å². The second-order valence-corrected chi connectivity index (χ2v) is 8.68. The standard InChI is InChI=1S/C11H22O10S2/c12-2-1-9-11(17)10(16)7(15)5-22(9)4-6(14)8(3-13)21-23(18,19)20/h6-17H,1-5H2/p+1/t6-,7+,8+,9-,10-,11-,22?/m0/s1. The number of aliphatic hydroxyl groups excluding tert-OH is 6. The highest BCUT2D eigenvalue weighted by atomic mass is 32.3. The lowest BCUT2D eigenvalue weighted by atomic mass is 10.0. The molecule has 7 N–H and O–H groups in total. The molecule has 0 saturated carbocycles. The summed E-state index contributed by atoms with van der Waals surface area (Å²) in [5.41, 5.74) is 0. The van der Waals surface area contributed by atoms with Crippen molar-refractivity contribution in [3.8, 4) is 0 Å². The van der Waals surface area contributed by atoms with Crippen LogP contribution in [0.2, 0.25) is 0 Å². The summed E-state index contributed by atoms with van der Waals surface area (Å²) < 4.78 is 34.1. The summed E-state index contributed by atoms with van der Waals surface area (Å²) in [5, 5.41) is 56.9. The Morgan fingerprint density at radius 1 is 1.17 bits per heavy atom. The van der Waals surface area contributed by atoms with E-state index < -0.39 is 63.7 Å². The second kappa shape index (κ2) is 8.89. The van der Waals surface area contributed by atoms with Crippen LogP contribution < -0.4 is 0 Å². The van der Waals surface area contributed by atoms with Crippen LogP contribution >= 0.6 is 0 Å². The average molecular weight is 379 g/mol. The minimum Gasteiger partial charge on any atom is -0.396 e. The van der Waals surface area contributed by atoms with Crippen LogP contribution in [-0.2, 0) is 25.5 Å². The van der Waals surface area contributed by atoms with Gasteiger partial charge in [0.2, 0.25) is 0 Å². The first-order valence-electron chi connectivity index (χ1n) is 6.86. The van der Waals surface area contributed by atoms with Crippen molar-refractivity contribution in [3.63, 3.8) is 0 Å². The highest BCUT2D eigenvalue weighted by Gasteiger charge is 2.50. The van der Waals surface area contributed by atoms with E-state index in [-0.39, 0.29) is 24.5 Å². The Bertz CT molecular complexity index is 458. The zero-order valence-electron chi connectivity index (χ0n) is 12.2.